The summed E-state index contributed by atoms with van der Waals surface area (Å²) in [6, 6.07) is 67.9. The number of hydrogen-bond donors (Lipinski definition) is 0. The molecule has 11 rings (SSSR count). The SMILES string of the molecule is c1ccc(-c2cc(-c3ccccc3)nc(-c3nc(-c4ccc(-n5c6ccccc6c6c7c(ccc65)ccn7-c5ccccc5)cc4)nc4ccccc34)c2)cc1. The zero-order chi connectivity index (χ0) is 37.0. The molecule has 0 aliphatic heterocycles. The van der Waals surface area contributed by atoms with Crippen molar-refractivity contribution in [2.75, 3.05) is 0 Å². The Kier molecular flexibility index (Phi) is 7.42. The van der Waals surface area contributed by atoms with Crippen LogP contribution in [-0.2, 0) is 0 Å². The average Bonchev–Trinajstić information content (AvgIpc) is 3.86. The number of pyridine rings is 1. The van der Waals surface area contributed by atoms with Crippen LogP contribution in [0.4, 0.5) is 0 Å². The Bertz CT molecular complexity index is 3160. The predicted molar refractivity (Wildman–Crippen MR) is 230 cm³/mol. The standard InChI is InChI=1S/C51H33N5/c1-4-14-34(15-5-1)38-32-44(35-16-6-2-7-17-35)52-45(33-38)49-41-20-10-12-22-43(41)53-51(54-49)37-24-27-40(28-25-37)56-46-23-13-11-21-42(46)48-47(56)29-26-36-30-31-55(50(36)48)39-18-8-3-9-19-39/h1-33H. The Morgan fingerprint density at radius 2 is 1.05 bits per heavy atom. The van der Waals surface area contributed by atoms with Gasteiger partial charge in [-0.15, -0.1) is 0 Å². The number of para-hydroxylation sites is 3. The van der Waals surface area contributed by atoms with Crippen LogP contribution in [0.5, 0.6) is 0 Å². The van der Waals surface area contributed by atoms with Gasteiger partial charge in [-0.1, -0.05) is 121 Å². The highest BCUT2D eigenvalue weighted by atomic mass is 15.0. The maximum atomic E-state index is 5.29. The summed E-state index contributed by atoms with van der Waals surface area (Å²) < 4.78 is 4.67. The third-order valence-corrected chi connectivity index (χ3v) is 10.8. The van der Waals surface area contributed by atoms with Crippen LogP contribution >= 0.6 is 0 Å². The summed E-state index contributed by atoms with van der Waals surface area (Å²) in [6.45, 7) is 0. The van der Waals surface area contributed by atoms with Gasteiger partial charge in [-0.3, -0.25) is 0 Å². The summed E-state index contributed by atoms with van der Waals surface area (Å²) in [5, 5.41) is 4.62. The lowest BCUT2D eigenvalue weighted by atomic mass is 10.0. The zero-order valence-corrected chi connectivity index (χ0v) is 30.3. The fourth-order valence-corrected chi connectivity index (χ4v) is 8.13. The van der Waals surface area contributed by atoms with Crippen molar-refractivity contribution in [2.24, 2.45) is 0 Å². The van der Waals surface area contributed by atoms with Crippen LogP contribution in [0, 0.1) is 0 Å². The molecule has 0 aliphatic rings. The highest BCUT2D eigenvalue weighted by Gasteiger charge is 2.19. The van der Waals surface area contributed by atoms with E-state index in [9.17, 15) is 0 Å². The number of aromatic nitrogens is 5. The minimum atomic E-state index is 0.656. The van der Waals surface area contributed by atoms with Crippen LogP contribution in [0.1, 0.15) is 0 Å². The third kappa shape index (κ3) is 5.29. The summed E-state index contributed by atoms with van der Waals surface area (Å²) in [7, 11) is 0. The van der Waals surface area contributed by atoms with E-state index in [4.69, 9.17) is 15.0 Å². The lowest BCUT2D eigenvalue weighted by Crippen LogP contribution is -1.99. The van der Waals surface area contributed by atoms with Crippen molar-refractivity contribution in [2.45, 2.75) is 0 Å². The molecule has 4 heterocycles. The van der Waals surface area contributed by atoms with Gasteiger partial charge in [0, 0.05) is 50.2 Å². The van der Waals surface area contributed by atoms with E-state index in [-0.39, 0.29) is 0 Å². The van der Waals surface area contributed by atoms with Crippen molar-refractivity contribution in [3.05, 3.63) is 200 Å². The van der Waals surface area contributed by atoms with Gasteiger partial charge in [-0.25, -0.2) is 15.0 Å². The maximum Gasteiger partial charge on any atom is 0.160 e. The monoisotopic (exact) mass is 715 g/mol. The molecular formula is C51H33N5. The number of nitrogens with zero attached hydrogens (tertiary/aromatic N) is 5. The molecule has 5 heteroatoms. The van der Waals surface area contributed by atoms with E-state index in [1.54, 1.807) is 0 Å². The van der Waals surface area contributed by atoms with E-state index in [0.717, 1.165) is 72.6 Å². The Balaban J connectivity index is 1.06. The topological polar surface area (TPSA) is 48.5 Å². The second-order valence-electron chi connectivity index (χ2n) is 14.1. The van der Waals surface area contributed by atoms with Crippen LogP contribution < -0.4 is 0 Å². The summed E-state index contributed by atoms with van der Waals surface area (Å²) >= 11 is 0. The van der Waals surface area contributed by atoms with E-state index >= 15 is 0 Å². The van der Waals surface area contributed by atoms with Crippen LogP contribution in [-0.4, -0.2) is 24.1 Å². The van der Waals surface area contributed by atoms with Gasteiger partial charge in [-0.2, -0.15) is 0 Å². The first-order valence-corrected chi connectivity index (χ1v) is 18.9. The minimum Gasteiger partial charge on any atom is -0.316 e. The molecule has 0 saturated carbocycles. The summed E-state index contributed by atoms with van der Waals surface area (Å²) in [4.78, 5) is 15.6. The second kappa shape index (κ2) is 13.0. The molecule has 11 aromatic rings. The minimum absolute atomic E-state index is 0.656. The number of hydrogen-bond acceptors (Lipinski definition) is 3. The molecule has 0 atom stereocenters. The lowest BCUT2D eigenvalue weighted by Gasteiger charge is -2.13. The Morgan fingerprint density at radius 3 is 1.84 bits per heavy atom. The first-order chi connectivity index (χ1) is 27.8. The molecule has 0 spiro atoms. The third-order valence-electron chi connectivity index (χ3n) is 10.8. The quantitative estimate of drug-likeness (QED) is 0.172. The molecule has 0 radical (unpaired) electrons. The number of rotatable bonds is 6. The predicted octanol–water partition coefficient (Wildman–Crippen LogP) is 12.7. The highest BCUT2D eigenvalue weighted by molar-refractivity contribution is 6.20. The van der Waals surface area contributed by atoms with Crippen LogP contribution in [0.25, 0.3) is 100 Å². The Hall–Kier alpha value is -7.63. The summed E-state index contributed by atoms with van der Waals surface area (Å²) in [6.07, 6.45) is 2.17. The van der Waals surface area contributed by atoms with Gasteiger partial charge >= 0.3 is 0 Å². The Labute approximate surface area is 323 Å². The van der Waals surface area contributed by atoms with Gasteiger partial charge in [-0.05, 0) is 83.9 Å². The molecule has 7 aromatic carbocycles. The first kappa shape index (κ1) is 31.9. The van der Waals surface area contributed by atoms with Crippen LogP contribution in [0.15, 0.2) is 200 Å². The van der Waals surface area contributed by atoms with Gasteiger partial charge in [0.25, 0.3) is 0 Å². The molecule has 5 nitrogen and oxygen atoms in total. The van der Waals surface area contributed by atoms with Crippen LogP contribution in [0.2, 0.25) is 0 Å². The van der Waals surface area contributed by atoms with Crippen molar-refractivity contribution in [1.29, 1.82) is 0 Å². The fourth-order valence-electron chi connectivity index (χ4n) is 8.13. The zero-order valence-electron chi connectivity index (χ0n) is 30.3. The van der Waals surface area contributed by atoms with Gasteiger partial charge < -0.3 is 9.13 Å². The van der Waals surface area contributed by atoms with Crippen molar-refractivity contribution in [3.8, 4) is 56.5 Å². The normalized spacial score (nSPS) is 11.6. The van der Waals surface area contributed by atoms with E-state index in [1.165, 1.54) is 21.7 Å². The molecule has 0 N–H and O–H groups in total. The van der Waals surface area contributed by atoms with Crippen molar-refractivity contribution in [3.63, 3.8) is 0 Å². The van der Waals surface area contributed by atoms with Gasteiger partial charge in [0.05, 0.1) is 33.5 Å². The molecule has 0 aliphatic carbocycles. The van der Waals surface area contributed by atoms with Gasteiger partial charge in [0.2, 0.25) is 0 Å². The second-order valence-corrected chi connectivity index (χ2v) is 14.1. The van der Waals surface area contributed by atoms with E-state index in [0.29, 0.717) is 5.82 Å². The Morgan fingerprint density at radius 1 is 0.393 bits per heavy atom. The maximum absolute atomic E-state index is 5.29. The molecule has 56 heavy (non-hydrogen) atoms. The van der Waals surface area contributed by atoms with Crippen molar-refractivity contribution in [1.82, 2.24) is 24.1 Å². The van der Waals surface area contributed by atoms with E-state index < -0.39 is 0 Å². The smallest absolute Gasteiger partial charge is 0.160 e. The highest BCUT2D eigenvalue weighted by Crippen LogP contribution is 2.39. The fraction of sp³-hybridized carbons (Fsp3) is 0. The molecule has 4 aromatic heterocycles. The number of fused-ring (bicyclic) bond motifs is 6. The van der Waals surface area contributed by atoms with Crippen LogP contribution in [0.3, 0.4) is 0 Å². The van der Waals surface area contributed by atoms with E-state index in [2.05, 4.69) is 185 Å². The molecule has 0 unspecified atom stereocenters. The lowest BCUT2D eigenvalue weighted by molar-refractivity contribution is 1.13. The van der Waals surface area contributed by atoms with Crippen molar-refractivity contribution < 1.29 is 0 Å². The molecule has 0 bridgehead atoms. The molecule has 262 valence electrons. The average molecular weight is 716 g/mol. The first-order valence-electron chi connectivity index (χ1n) is 18.9. The largest absolute Gasteiger partial charge is 0.316 e. The van der Waals surface area contributed by atoms with E-state index in [1.807, 2.05) is 24.3 Å². The molecular weight excluding hydrogens is 683 g/mol. The van der Waals surface area contributed by atoms with Gasteiger partial charge in [0.1, 0.15) is 5.69 Å². The molecule has 0 fully saturated rings. The summed E-state index contributed by atoms with van der Waals surface area (Å²) in [5.74, 6) is 0.656. The van der Waals surface area contributed by atoms with Crippen molar-refractivity contribution >= 4 is 43.6 Å². The van der Waals surface area contributed by atoms with Gasteiger partial charge in [0.15, 0.2) is 5.82 Å². The molecule has 0 amide bonds. The number of benzene rings is 7. The molecule has 0 saturated heterocycles. The summed E-state index contributed by atoms with van der Waals surface area (Å²) in [5.41, 5.74) is 13.3.